The van der Waals surface area contributed by atoms with Crippen molar-refractivity contribution in [3.8, 4) is 17.0 Å². The monoisotopic (exact) mass is 525 g/mol. The van der Waals surface area contributed by atoms with E-state index in [2.05, 4.69) is 30.5 Å². The third-order valence-corrected chi connectivity index (χ3v) is 8.44. The van der Waals surface area contributed by atoms with Crippen LogP contribution in [0.4, 0.5) is 11.6 Å². The molecule has 0 aliphatic carbocycles. The Morgan fingerprint density at radius 3 is 2.65 bits per heavy atom. The van der Waals surface area contributed by atoms with Gasteiger partial charge < -0.3 is 20.5 Å². The maximum absolute atomic E-state index is 13.4. The molecular formula is C26H31N5O5S. The summed E-state index contributed by atoms with van der Waals surface area (Å²) in [6.07, 6.45) is 2.26. The molecule has 4 N–H and O–H groups in total. The van der Waals surface area contributed by atoms with Gasteiger partial charge >= 0.3 is 0 Å². The number of carbonyl (C=O) groups is 1. The Bertz CT molecular complexity index is 1420. The molecule has 0 saturated carbocycles. The summed E-state index contributed by atoms with van der Waals surface area (Å²) in [5.74, 6) is 0.206. The summed E-state index contributed by atoms with van der Waals surface area (Å²) in [4.78, 5) is 23.8. The number of amides is 1. The summed E-state index contributed by atoms with van der Waals surface area (Å²) < 4.78 is 33.4. The van der Waals surface area contributed by atoms with Crippen LogP contribution in [0.15, 0.2) is 53.6 Å². The molecule has 2 aromatic heterocycles. The number of nitrogens with one attached hydrogen (secondary N) is 1. The lowest BCUT2D eigenvalue weighted by Gasteiger charge is -2.36. The summed E-state index contributed by atoms with van der Waals surface area (Å²) in [5.41, 5.74) is 7.41. The van der Waals surface area contributed by atoms with Gasteiger partial charge in [0.2, 0.25) is 0 Å². The molecule has 3 heterocycles. The summed E-state index contributed by atoms with van der Waals surface area (Å²) in [5, 5.41) is 9.69. The number of aromatic nitrogens is 2. The van der Waals surface area contributed by atoms with Crippen LogP contribution in [-0.2, 0) is 16.6 Å². The number of pyridine rings is 2. The SMILES string of the molecule is COc1cc(CO)cc(-c2ccc(C(=O)NS(=O)(=O)c3cccnc3N)c(N3CCC(C)C3(C)C)n2)c1. The van der Waals surface area contributed by atoms with Crippen LogP contribution in [0.3, 0.4) is 0 Å². The number of benzene rings is 1. The average Bonchev–Trinajstić information content (AvgIpc) is 3.14. The van der Waals surface area contributed by atoms with Crippen LogP contribution in [0.1, 0.15) is 43.1 Å². The predicted molar refractivity (Wildman–Crippen MR) is 141 cm³/mol. The van der Waals surface area contributed by atoms with Gasteiger partial charge in [0.15, 0.2) is 0 Å². The second kappa shape index (κ2) is 9.98. The van der Waals surface area contributed by atoms with E-state index >= 15 is 0 Å². The van der Waals surface area contributed by atoms with E-state index in [1.54, 1.807) is 30.3 Å². The Balaban J connectivity index is 1.81. The van der Waals surface area contributed by atoms with Crippen molar-refractivity contribution in [3.05, 3.63) is 59.8 Å². The number of methoxy groups -OCH3 is 1. The van der Waals surface area contributed by atoms with E-state index < -0.39 is 15.9 Å². The van der Waals surface area contributed by atoms with Crippen LogP contribution in [0, 0.1) is 5.92 Å². The van der Waals surface area contributed by atoms with Gasteiger partial charge in [0.05, 0.1) is 25.0 Å². The Morgan fingerprint density at radius 1 is 1.27 bits per heavy atom. The fourth-order valence-corrected chi connectivity index (χ4v) is 5.53. The first-order valence-corrected chi connectivity index (χ1v) is 13.3. The number of nitrogens with two attached hydrogens (primary N) is 1. The molecule has 1 saturated heterocycles. The van der Waals surface area contributed by atoms with E-state index in [9.17, 15) is 18.3 Å². The van der Waals surface area contributed by atoms with Gasteiger partial charge in [0.1, 0.15) is 22.3 Å². The second-order valence-corrected chi connectivity index (χ2v) is 11.3. The van der Waals surface area contributed by atoms with E-state index in [1.165, 1.54) is 25.4 Å². The molecule has 1 unspecified atom stereocenters. The van der Waals surface area contributed by atoms with Gasteiger partial charge in [-0.3, -0.25) is 4.79 Å². The first kappa shape index (κ1) is 26.4. The summed E-state index contributed by atoms with van der Waals surface area (Å²) in [6.45, 7) is 6.75. The van der Waals surface area contributed by atoms with E-state index in [0.29, 0.717) is 40.9 Å². The van der Waals surface area contributed by atoms with Gasteiger partial charge in [-0.25, -0.2) is 23.1 Å². The molecule has 1 atom stereocenters. The molecule has 37 heavy (non-hydrogen) atoms. The van der Waals surface area contributed by atoms with Gasteiger partial charge in [-0.15, -0.1) is 0 Å². The van der Waals surface area contributed by atoms with Crippen LogP contribution in [0.5, 0.6) is 5.75 Å². The molecule has 1 aromatic carbocycles. The quantitative estimate of drug-likeness (QED) is 0.423. The number of hydrogen-bond acceptors (Lipinski definition) is 9. The number of anilines is 2. The van der Waals surface area contributed by atoms with Crippen LogP contribution in [-0.4, -0.2) is 48.6 Å². The van der Waals surface area contributed by atoms with Gasteiger partial charge in [0.25, 0.3) is 15.9 Å². The highest BCUT2D eigenvalue weighted by atomic mass is 32.2. The van der Waals surface area contributed by atoms with Gasteiger partial charge in [-0.2, -0.15) is 0 Å². The third kappa shape index (κ3) is 5.09. The second-order valence-electron chi connectivity index (χ2n) is 9.61. The molecule has 1 fully saturated rings. The fraction of sp³-hybridized carbons (Fsp3) is 0.346. The first-order valence-electron chi connectivity index (χ1n) is 11.8. The maximum atomic E-state index is 13.4. The van der Waals surface area contributed by atoms with Gasteiger partial charge in [-0.1, -0.05) is 6.92 Å². The zero-order valence-corrected chi connectivity index (χ0v) is 22.0. The molecule has 4 rings (SSSR count). The molecule has 11 heteroatoms. The Labute approximate surface area is 216 Å². The van der Waals surface area contributed by atoms with Crippen LogP contribution < -0.4 is 20.1 Å². The minimum atomic E-state index is -4.28. The zero-order chi connectivity index (χ0) is 27.0. The van der Waals surface area contributed by atoms with Crippen LogP contribution in [0.25, 0.3) is 11.3 Å². The molecule has 1 aliphatic rings. The minimum Gasteiger partial charge on any atom is -0.497 e. The summed E-state index contributed by atoms with van der Waals surface area (Å²) in [7, 11) is -2.74. The Kier molecular flexibility index (Phi) is 7.11. The molecular weight excluding hydrogens is 494 g/mol. The van der Waals surface area contributed by atoms with E-state index in [0.717, 1.165) is 6.42 Å². The van der Waals surface area contributed by atoms with Crippen LogP contribution in [0.2, 0.25) is 0 Å². The van der Waals surface area contributed by atoms with E-state index in [1.807, 2.05) is 4.90 Å². The number of sulfonamides is 1. The van der Waals surface area contributed by atoms with Gasteiger partial charge in [-0.05, 0) is 74.2 Å². The van der Waals surface area contributed by atoms with E-state index in [4.69, 9.17) is 15.5 Å². The number of aliphatic hydroxyl groups is 1. The van der Waals surface area contributed by atoms with Crippen molar-refractivity contribution in [2.24, 2.45) is 5.92 Å². The van der Waals surface area contributed by atoms with E-state index in [-0.39, 0.29) is 28.4 Å². The topological polar surface area (TPSA) is 148 Å². The summed E-state index contributed by atoms with van der Waals surface area (Å²) >= 11 is 0. The average molecular weight is 526 g/mol. The van der Waals surface area contributed by atoms with Gasteiger partial charge in [0, 0.05) is 23.8 Å². The maximum Gasteiger partial charge on any atom is 0.268 e. The number of rotatable bonds is 7. The summed E-state index contributed by atoms with van der Waals surface area (Å²) in [6, 6.07) is 11.2. The lowest BCUT2D eigenvalue weighted by Crippen LogP contribution is -2.43. The molecule has 3 aromatic rings. The van der Waals surface area contributed by atoms with Crippen molar-refractivity contribution >= 4 is 27.6 Å². The Hall–Kier alpha value is -3.70. The zero-order valence-electron chi connectivity index (χ0n) is 21.2. The number of carbonyl (C=O) groups excluding carboxylic acids is 1. The smallest absolute Gasteiger partial charge is 0.268 e. The fourth-order valence-electron chi connectivity index (χ4n) is 4.48. The molecule has 1 amide bonds. The highest BCUT2D eigenvalue weighted by molar-refractivity contribution is 7.90. The predicted octanol–water partition coefficient (Wildman–Crippen LogP) is 2.97. The molecule has 10 nitrogen and oxygen atoms in total. The molecule has 196 valence electrons. The van der Waals surface area contributed by atoms with Crippen molar-refractivity contribution in [1.29, 1.82) is 0 Å². The highest BCUT2D eigenvalue weighted by Gasteiger charge is 2.41. The van der Waals surface area contributed by atoms with Crippen molar-refractivity contribution in [2.45, 2.75) is 44.2 Å². The molecule has 1 aliphatic heterocycles. The number of hydrogen-bond donors (Lipinski definition) is 3. The third-order valence-electron chi connectivity index (χ3n) is 7.06. The number of aliphatic hydroxyl groups excluding tert-OH is 1. The van der Waals surface area contributed by atoms with Crippen molar-refractivity contribution < 1.29 is 23.1 Å². The molecule has 0 spiro atoms. The number of nitrogen functional groups attached to an aromatic ring is 1. The highest BCUT2D eigenvalue weighted by Crippen LogP contribution is 2.39. The van der Waals surface area contributed by atoms with Crippen LogP contribution >= 0.6 is 0 Å². The first-order chi connectivity index (χ1) is 17.5. The largest absolute Gasteiger partial charge is 0.497 e. The lowest BCUT2D eigenvalue weighted by molar-refractivity contribution is 0.0981. The van der Waals surface area contributed by atoms with Crippen molar-refractivity contribution in [3.63, 3.8) is 0 Å². The normalized spacial score (nSPS) is 17.0. The Morgan fingerprint density at radius 2 is 2.03 bits per heavy atom. The van der Waals surface area contributed by atoms with Crippen molar-refractivity contribution in [1.82, 2.24) is 14.7 Å². The lowest BCUT2D eigenvalue weighted by atomic mass is 9.90. The number of ether oxygens (including phenoxy) is 1. The number of nitrogens with zero attached hydrogens (tertiary/aromatic N) is 3. The molecule has 0 bridgehead atoms. The standard InChI is InChI=1S/C26H31N5O5S/c1-16-9-11-31(26(16,2)3)24-20(25(33)30-37(34,35)22-6-5-10-28-23(22)27)7-8-21(29-24)18-12-17(15-32)13-19(14-18)36-4/h5-8,10,12-14,16,32H,9,11,15H2,1-4H3,(H2,27,28)(H,30,33). The molecule has 0 radical (unpaired) electrons. The minimum absolute atomic E-state index is 0.113. The van der Waals surface area contributed by atoms with Crippen molar-refractivity contribution in [2.75, 3.05) is 24.3 Å².